The molecule has 3 aromatic carbocycles. The van der Waals surface area contributed by atoms with Gasteiger partial charge in [-0.25, -0.2) is 4.21 Å². The Labute approximate surface area is 174 Å². The minimum Gasteiger partial charge on any atom is -0.508 e. The lowest BCUT2D eigenvalue weighted by atomic mass is 10.1. The van der Waals surface area contributed by atoms with Gasteiger partial charge in [0.15, 0.2) is 0 Å². The summed E-state index contributed by atoms with van der Waals surface area (Å²) in [5.74, 6) is 3.98. The van der Waals surface area contributed by atoms with Gasteiger partial charge in [0.05, 0.1) is 25.9 Å². The first-order valence-corrected chi connectivity index (χ1v) is 10.9. The maximum absolute atomic E-state index is 13.1. The van der Waals surface area contributed by atoms with Crippen LogP contribution in [0.3, 0.4) is 0 Å². The van der Waals surface area contributed by atoms with E-state index in [0.29, 0.717) is 21.3 Å². The fraction of sp³-hybridized carbons (Fsp3) is 0. The van der Waals surface area contributed by atoms with Crippen LogP contribution in [0.15, 0.2) is 83.9 Å². The quantitative estimate of drug-likeness (QED) is 0.374. The second kappa shape index (κ2) is 7.66. The van der Waals surface area contributed by atoms with E-state index in [0.717, 1.165) is 16.6 Å². The van der Waals surface area contributed by atoms with Gasteiger partial charge in [0.25, 0.3) is 0 Å². The molecule has 0 amide bonds. The molecule has 0 aliphatic heterocycles. The molecular formula is C22H18ClN3O2S. The molecule has 0 aliphatic carbocycles. The normalized spacial score (nSPS) is 13.0. The molecule has 5 nitrogen and oxygen atoms in total. The standard InChI is InChI=1S/C22H18ClN3O2S/c1-29(28,17-5-3-2-4-6-17)26-15-7-10-20-18(13-15)21(11-12-24-20)25-22-14-16(27)8-9-19(22)23/h2-14,27H,1H2,(H,24,25)(H,26,28). The molecule has 0 radical (unpaired) electrons. The van der Waals surface area contributed by atoms with Crippen LogP contribution in [0.1, 0.15) is 0 Å². The van der Waals surface area contributed by atoms with Crippen molar-refractivity contribution in [2.24, 2.45) is 0 Å². The van der Waals surface area contributed by atoms with Crippen molar-refractivity contribution in [1.82, 2.24) is 4.98 Å². The lowest BCUT2D eigenvalue weighted by Gasteiger charge is -2.15. The van der Waals surface area contributed by atoms with Gasteiger partial charge in [-0.05, 0) is 54.4 Å². The number of benzene rings is 3. The van der Waals surface area contributed by atoms with Gasteiger partial charge in [-0.1, -0.05) is 29.8 Å². The number of hydrogen-bond donors (Lipinski definition) is 3. The molecule has 0 bridgehead atoms. The summed E-state index contributed by atoms with van der Waals surface area (Å²) in [4.78, 5) is 5.00. The van der Waals surface area contributed by atoms with Crippen LogP contribution in [0.4, 0.5) is 17.1 Å². The van der Waals surface area contributed by atoms with E-state index < -0.39 is 9.71 Å². The molecule has 3 N–H and O–H groups in total. The summed E-state index contributed by atoms with van der Waals surface area (Å²) in [6, 6.07) is 21.1. The maximum Gasteiger partial charge on any atom is 0.117 e. The number of halogens is 1. The number of nitrogens with zero attached hydrogens (tertiary/aromatic N) is 1. The Balaban J connectivity index is 1.72. The molecular weight excluding hydrogens is 406 g/mol. The fourth-order valence-electron chi connectivity index (χ4n) is 2.96. The topological polar surface area (TPSA) is 74.2 Å². The minimum absolute atomic E-state index is 0.109. The third-order valence-electron chi connectivity index (χ3n) is 4.37. The van der Waals surface area contributed by atoms with Crippen LogP contribution < -0.4 is 10.0 Å². The van der Waals surface area contributed by atoms with Gasteiger partial charge in [0, 0.05) is 33.9 Å². The molecule has 1 unspecified atom stereocenters. The molecule has 29 heavy (non-hydrogen) atoms. The number of rotatable bonds is 5. The highest BCUT2D eigenvalue weighted by atomic mass is 35.5. The first-order valence-electron chi connectivity index (χ1n) is 8.77. The number of aromatic nitrogens is 1. The lowest BCUT2D eigenvalue weighted by molar-refractivity contribution is 0.475. The molecule has 1 atom stereocenters. The second-order valence-electron chi connectivity index (χ2n) is 6.47. The lowest BCUT2D eigenvalue weighted by Crippen LogP contribution is -2.12. The van der Waals surface area contributed by atoms with Crippen molar-refractivity contribution < 1.29 is 9.32 Å². The molecule has 4 aromatic rings. The zero-order valence-electron chi connectivity index (χ0n) is 15.3. The van der Waals surface area contributed by atoms with E-state index in [-0.39, 0.29) is 5.75 Å². The molecule has 7 heteroatoms. The van der Waals surface area contributed by atoms with Crippen LogP contribution in [-0.4, -0.2) is 20.2 Å². The predicted molar refractivity (Wildman–Crippen MR) is 122 cm³/mol. The summed E-state index contributed by atoms with van der Waals surface area (Å²) in [5, 5.41) is 14.3. The Morgan fingerprint density at radius 3 is 2.55 bits per heavy atom. The monoisotopic (exact) mass is 423 g/mol. The number of hydrogen-bond acceptors (Lipinski definition) is 4. The second-order valence-corrected chi connectivity index (χ2v) is 8.90. The number of pyridine rings is 1. The summed E-state index contributed by atoms with van der Waals surface area (Å²) in [6.45, 7) is 0. The summed E-state index contributed by atoms with van der Waals surface area (Å²) < 4.78 is 16.1. The zero-order valence-corrected chi connectivity index (χ0v) is 16.9. The van der Waals surface area contributed by atoms with Crippen LogP contribution in [-0.2, 0) is 9.71 Å². The molecule has 1 heterocycles. The number of aromatic hydroxyl groups is 1. The van der Waals surface area contributed by atoms with Crippen LogP contribution in [0.2, 0.25) is 5.02 Å². The van der Waals surface area contributed by atoms with Crippen molar-refractivity contribution in [3.05, 3.63) is 84.0 Å². The number of nitrogens with one attached hydrogen (secondary N) is 2. The summed E-state index contributed by atoms with van der Waals surface area (Å²) >= 11 is 6.24. The van der Waals surface area contributed by atoms with Crippen molar-refractivity contribution in [1.29, 1.82) is 0 Å². The third-order valence-corrected chi connectivity index (χ3v) is 6.30. The summed E-state index contributed by atoms with van der Waals surface area (Å²) in [7, 11) is -2.71. The van der Waals surface area contributed by atoms with Gasteiger partial charge < -0.3 is 15.1 Å². The Morgan fingerprint density at radius 2 is 1.76 bits per heavy atom. The van der Waals surface area contributed by atoms with Crippen LogP contribution >= 0.6 is 11.6 Å². The Morgan fingerprint density at radius 1 is 0.966 bits per heavy atom. The van der Waals surface area contributed by atoms with E-state index in [4.69, 9.17) is 11.6 Å². The van der Waals surface area contributed by atoms with Crippen molar-refractivity contribution in [3.8, 4) is 5.75 Å². The van der Waals surface area contributed by atoms with Crippen molar-refractivity contribution in [3.63, 3.8) is 0 Å². The van der Waals surface area contributed by atoms with Gasteiger partial charge in [-0.2, -0.15) is 0 Å². The average Bonchev–Trinajstić information content (AvgIpc) is 2.71. The van der Waals surface area contributed by atoms with Gasteiger partial charge in [0.2, 0.25) is 0 Å². The van der Waals surface area contributed by atoms with E-state index in [2.05, 4.69) is 20.9 Å². The zero-order chi connectivity index (χ0) is 20.4. The van der Waals surface area contributed by atoms with Crippen LogP contribution in [0.25, 0.3) is 10.9 Å². The first kappa shape index (κ1) is 19.1. The molecule has 0 saturated heterocycles. The molecule has 0 aliphatic rings. The van der Waals surface area contributed by atoms with Gasteiger partial charge >= 0.3 is 0 Å². The Hall–Kier alpha value is -3.22. The molecule has 1 aromatic heterocycles. The smallest absolute Gasteiger partial charge is 0.117 e. The molecule has 146 valence electrons. The molecule has 0 spiro atoms. The predicted octanol–water partition coefficient (Wildman–Crippen LogP) is 5.44. The van der Waals surface area contributed by atoms with E-state index in [9.17, 15) is 9.32 Å². The highest BCUT2D eigenvalue weighted by Crippen LogP contribution is 2.33. The van der Waals surface area contributed by atoms with Gasteiger partial charge in [-0.3, -0.25) is 4.98 Å². The molecule has 4 rings (SSSR count). The Kier molecular flexibility index (Phi) is 5.05. The fourth-order valence-corrected chi connectivity index (χ4v) is 4.35. The van der Waals surface area contributed by atoms with Crippen molar-refractivity contribution in [2.45, 2.75) is 4.90 Å². The summed E-state index contributed by atoms with van der Waals surface area (Å²) in [5.41, 5.74) is 2.73. The SMILES string of the molecule is C=S(=O)(Nc1ccc2nccc(Nc3cc(O)ccc3Cl)c2c1)c1ccccc1. The maximum atomic E-state index is 13.1. The third kappa shape index (κ3) is 4.13. The van der Waals surface area contributed by atoms with Crippen LogP contribution in [0, 0.1) is 0 Å². The highest BCUT2D eigenvalue weighted by Gasteiger charge is 2.10. The van der Waals surface area contributed by atoms with Gasteiger partial charge in [-0.15, -0.1) is 0 Å². The van der Waals surface area contributed by atoms with E-state index in [1.165, 1.54) is 6.07 Å². The van der Waals surface area contributed by atoms with E-state index in [1.807, 2.05) is 42.5 Å². The molecule has 0 fully saturated rings. The molecule has 0 saturated carbocycles. The highest BCUT2D eigenvalue weighted by molar-refractivity contribution is 8.01. The largest absolute Gasteiger partial charge is 0.508 e. The van der Waals surface area contributed by atoms with Crippen molar-refractivity contribution >= 4 is 55.1 Å². The Bertz CT molecular complexity index is 1290. The first-order chi connectivity index (χ1) is 13.9. The number of phenolic OH excluding ortho intramolecular Hbond substituents is 1. The minimum atomic E-state index is -2.71. The number of phenols is 1. The average molecular weight is 424 g/mol. The van der Waals surface area contributed by atoms with E-state index >= 15 is 0 Å². The van der Waals surface area contributed by atoms with E-state index in [1.54, 1.807) is 30.5 Å². The van der Waals surface area contributed by atoms with Crippen molar-refractivity contribution in [2.75, 3.05) is 10.0 Å². The van der Waals surface area contributed by atoms with Crippen LogP contribution in [0.5, 0.6) is 5.75 Å². The number of anilines is 3. The van der Waals surface area contributed by atoms with Gasteiger partial charge in [0.1, 0.15) is 5.75 Å². The number of fused-ring (bicyclic) bond motifs is 1. The summed E-state index contributed by atoms with van der Waals surface area (Å²) in [6.07, 6.45) is 1.68.